The number of anilines is 1. The van der Waals surface area contributed by atoms with Gasteiger partial charge in [0.15, 0.2) is 0 Å². The Kier molecular flexibility index (Phi) is 5.75. The van der Waals surface area contributed by atoms with E-state index in [1.54, 1.807) is 26.2 Å². The first-order chi connectivity index (χ1) is 11.8. The minimum Gasteiger partial charge on any atom is -0.481 e. The van der Waals surface area contributed by atoms with Gasteiger partial charge in [0.2, 0.25) is 0 Å². The van der Waals surface area contributed by atoms with E-state index in [0.717, 1.165) is 16.7 Å². The van der Waals surface area contributed by atoms with Gasteiger partial charge in [-0.1, -0.05) is 18.2 Å². The van der Waals surface area contributed by atoms with Crippen LogP contribution in [-0.4, -0.2) is 27.6 Å². The van der Waals surface area contributed by atoms with Crippen LogP contribution >= 0.6 is 0 Å². The average Bonchev–Trinajstić information content (AvgIpc) is 2.55. The molecule has 0 radical (unpaired) electrons. The number of aromatic nitrogens is 1. The monoisotopic (exact) mass is 341 g/mol. The van der Waals surface area contributed by atoms with E-state index in [0.29, 0.717) is 12.1 Å². The number of aryl methyl sites for hydroxylation is 1. The molecule has 132 valence electrons. The summed E-state index contributed by atoms with van der Waals surface area (Å²) in [6, 6.07) is 9.27. The molecule has 1 aromatic heterocycles. The highest BCUT2D eigenvalue weighted by Gasteiger charge is 2.21. The Morgan fingerprint density at radius 2 is 1.96 bits per heavy atom. The Morgan fingerprint density at radius 3 is 2.60 bits per heavy atom. The van der Waals surface area contributed by atoms with Crippen molar-refractivity contribution >= 4 is 17.7 Å². The zero-order chi connectivity index (χ0) is 18.4. The van der Waals surface area contributed by atoms with Crippen molar-refractivity contribution in [3.63, 3.8) is 0 Å². The maximum atomic E-state index is 12.3. The number of carboxylic acid groups (broad SMARTS) is 1. The molecule has 0 spiro atoms. The number of carboxylic acids is 1. The Morgan fingerprint density at radius 1 is 1.20 bits per heavy atom. The van der Waals surface area contributed by atoms with E-state index >= 15 is 0 Å². The summed E-state index contributed by atoms with van der Waals surface area (Å²) < 4.78 is 0. The van der Waals surface area contributed by atoms with Gasteiger partial charge in [-0.2, -0.15) is 0 Å². The number of rotatable bonds is 6. The van der Waals surface area contributed by atoms with E-state index in [-0.39, 0.29) is 12.5 Å². The van der Waals surface area contributed by atoms with Crippen LogP contribution in [0.5, 0.6) is 0 Å². The molecule has 2 amide bonds. The molecule has 0 aliphatic rings. The fraction of sp³-hybridized carbons (Fsp3) is 0.316. The SMILES string of the molecule is Cc1ccc(-c2cccnc2)cc1NC(=O)NC(C)(C)CCC(=O)O. The minimum atomic E-state index is -0.879. The maximum absolute atomic E-state index is 12.3. The zero-order valence-electron chi connectivity index (χ0n) is 14.7. The van der Waals surface area contributed by atoms with Crippen molar-refractivity contribution in [3.8, 4) is 11.1 Å². The molecule has 25 heavy (non-hydrogen) atoms. The fourth-order valence-corrected chi connectivity index (χ4v) is 2.41. The third-order valence-electron chi connectivity index (χ3n) is 3.90. The largest absolute Gasteiger partial charge is 0.481 e. The van der Waals surface area contributed by atoms with Crippen LogP contribution < -0.4 is 10.6 Å². The molecule has 0 unspecified atom stereocenters. The van der Waals surface area contributed by atoms with Crippen LogP contribution in [0.2, 0.25) is 0 Å². The molecule has 1 heterocycles. The van der Waals surface area contributed by atoms with E-state index in [4.69, 9.17) is 5.11 Å². The van der Waals surface area contributed by atoms with Gasteiger partial charge in [-0.05, 0) is 50.5 Å². The Labute approximate surface area is 147 Å². The summed E-state index contributed by atoms with van der Waals surface area (Å²) in [5, 5.41) is 14.5. The number of nitrogens with one attached hydrogen (secondary N) is 2. The van der Waals surface area contributed by atoms with Gasteiger partial charge >= 0.3 is 12.0 Å². The molecule has 0 bridgehead atoms. The highest BCUT2D eigenvalue weighted by Crippen LogP contribution is 2.25. The van der Waals surface area contributed by atoms with Crippen LogP contribution in [0.15, 0.2) is 42.7 Å². The van der Waals surface area contributed by atoms with Crippen LogP contribution in [0.25, 0.3) is 11.1 Å². The van der Waals surface area contributed by atoms with Crippen molar-refractivity contribution in [1.82, 2.24) is 10.3 Å². The van der Waals surface area contributed by atoms with Gasteiger partial charge in [-0.3, -0.25) is 9.78 Å². The number of hydrogen-bond donors (Lipinski definition) is 3. The predicted octanol–water partition coefficient (Wildman–Crippen LogP) is 3.82. The highest BCUT2D eigenvalue weighted by atomic mass is 16.4. The molecule has 1 aromatic carbocycles. The smallest absolute Gasteiger partial charge is 0.319 e. The summed E-state index contributed by atoms with van der Waals surface area (Å²) >= 11 is 0. The molecule has 3 N–H and O–H groups in total. The summed E-state index contributed by atoms with van der Waals surface area (Å²) in [6.45, 7) is 5.51. The Hall–Kier alpha value is -2.89. The summed E-state index contributed by atoms with van der Waals surface area (Å²) in [6.07, 6.45) is 3.83. The number of nitrogens with zero attached hydrogens (tertiary/aromatic N) is 1. The molecule has 0 aliphatic carbocycles. The highest BCUT2D eigenvalue weighted by molar-refractivity contribution is 5.91. The lowest BCUT2D eigenvalue weighted by Crippen LogP contribution is -2.45. The number of pyridine rings is 1. The summed E-state index contributed by atoms with van der Waals surface area (Å²) in [7, 11) is 0. The van der Waals surface area contributed by atoms with E-state index in [1.165, 1.54) is 0 Å². The minimum absolute atomic E-state index is 0.00278. The quantitative estimate of drug-likeness (QED) is 0.745. The molecule has 2 aromatic rings. The summed E-state index contributed by atoms with van der Waals surface area (Å²) in [4.78, 5) is 27.1. The standard InChI is InChI=1S/C19H23N3O3/c1-13-6-7-14(15-5-4-10-20-12-15)11-16(13)21-18(25)22-19(2,3)9-8-17(23)24/h4-7,10-12H,8-9H2,1-3H3,(H,23,24)(H2,21,22,25). The molecule has 0 saturated carbocycles. The first kappa shape index (κ1) is 18.4. The normalized spacial score (nSPS) is 11.0. The van der Waals surface area contributed by atoms with Crippen LogP contribution in [0.3, 0.4) is 0 Å². The Bertz CT molecular complexity index is 758. The number of aliphatic carboxylic acids is 1. The second kappa shape index (κ2) is 7.79. The fourth-order valence-electron chi connectivity index (χ4n) is 2.41. The number of hydrogen-bond acceptors (Lipinski definition) is 3. The zero-order valence-corrected chi connectivity index (χ0v) is 14.7. The lowest BCUT2D eigenvalue weighted by Gasteiger charge is -2.26. The molecule has 6 nitrogen and oxygen atoms in total. The number of urea groups is 1. The van der Waals surface area contributed by atoms with Crippen LogP contribution in [0.4, 0.5) is 10.5 Å². The molecular weight excluding hydrogens is 318 g/mol. The second-order valence-corrected chi connectivity index (χ2v) is 6.63. The van der Waals surface area contributed by atoms with Gasteiger partial charge in [0.25, 0.3) is 0 Å². The lowest BCUT2D eigenvalue weighted by atomic mass is 9.99. The van der Waals surface area contributed by atoms with Crippen molar-refractivity contribution < 1.29 is 14.7 Å². The van der Waals surface area contributed by atoms with Gasteiger partial charge in [0.1, 0.15) is 0 Å². The van der Waals surface area contributed by atoms with Crippen LogP contribution in [0.1, 0.15) is 32.3 Å². The third-order valence-corrected chi connectivity index (χ3v) is 3.90. The predicted molar refractivity (Wildman–Crippen MR) is 97.5 cm³/mol. The molecular formula is C19H23N3O3. The van der Waals surface area contributed by atoms with Gasteiger partial charge in [0.05, 0.1) is 0 Å². The number of benzene rings is 1. The van der Waals surface area contributed by atoms with Crippen molar-refractivity contribution in [2.24, 2.45) is 0 Å². The molecule has 0 atom stereocenters. The number of amides is 2. The van der Waals surface area contributed by atoms with E-state index in [9.17, 15) is 9.59 Å². The van der Waals surface area contributed by atoms with Crippen molar-refractivity contribution in [1.29, 1.82) is 0 Å². The van der Waals surface area contributed by atoms with Gasteiger partial charge in [-0.25, -0.2) is 4.79 Å². The van der Waals surface area contributed by atoms with Gasteiger partial charge in [0, 0.05) is 35.6 Å². The molecule has 0 saturated heterocycles. The lowest BCUT2D eigenvalue weighted by molar-refractivity contribution is -0.137. The summed E-state index contributed by atoms with van der Waals surface area (Å²) in [5.41, 5.74) is 2.95. The van der Waals surface area contributed by atoms with Crippen LogP contribution in [-0.2, 0) is 4.79 Å². The summed E-state index contributed by atoms with van der Waals surface area (Å²) in [5.74, 6) is -0.879. The van der Waals surface area contributed by atoms with Crippen molar-refractivity contribution in [3.05, 3.63) is 48.3 Å². The average molecular weight is 341 g/mol. The van der Waals surface area contributed by atoms with Crippen LogP contribution in [0, 0.1) is 6.92 Å². The maximum Gasteiger partial charge on any atom is 0.319 e. The van der Waals surface area contributed by atoms with Crippen molar-refractivity contribution in [2.75, 3.05) is 5.32 Å². The Balaban J connectivity index is 2.09. The van der Waals surface area contributed by atoms with Crippen molar-refractivity contribution in [2.45, 2.75) is 39.2 Å². The first-order valence-corrected chi connectivity index (χ1v) is 8.09. The van der Waals surface area contributed by atoms with E-state index < -0.39 is 11.5 Å². The molecule has 2 rings (SSSR count). The van der Waals surface area contributed by atoms with Gasteiger partial charge in [-0.15, -0.1) is 0 Å². The first-order valence-electron chi connectivity index (χ1n) is 8.09. The molecule has 0 aliphatic heterocycles. The molecule has 6 heteroatoms. The number of carbonyl (C=O) groups is 2. The molecule has 0 fully saturated rings. The topological polar surface area (TPSA) is 91.3 Å². The second-order valence-electron chi connectivity index (χ2n) is 6.63. The third kappa shape index (κ3) is 5.60. The number of carbonyl (C=O) groups excluding carboxylic acids is 1. The van der Waals surface area contributed by atoms with E-state index in [2.05, 4.69) is 15.6 Å². The van der Waals surface area contributed by atoms with E-state index in [1.807, 2.05) is 37.3 Å². The van der Waals surface area contributed by atoms with Gasteiger partial charge < -0.3 is 15.7 Å².